The molecule has 3 nitrogen and oxygen atoms in total. The molecule has 4 bridgehead atoms. The molecular weight excluding hydrogens is 312 g/mol. The van der Waals surface area contributed by atoms with Gasteiger partial charge < -0.3 is 9.47 Å². The Morgan fingerprint density at radius 3 is 2.24 bits per heavy atom. The molecule has 4 aliphatic rings. The first-order valence-electron chi connectivity index (χ1n) is 10.0. The van der Waals surface area contributed by atoms with Gasteiger partial charge in [-0.25, -0.2) is 0 Å². The highest BCUT2D eigenvalue weighted by Gasteiger charge is 2.55. The van der Waals surface area contributed by atoms with Crippen LogP contribution in [-0.4, -0.2) is 18.7 Å². The lowest BCUT2D eigenvalue weighted by atomic mass is 9.48. The quantitative estimate of drug-likeness (QED) is 0.655. The molecule has 1 aromatic carbocycles. The van der Waals surface area contributed by atoms with Crippen LogP contribution < -0.4 is 4.74 Å². The topological polar surface area (TPSA) is 35.5 Å². The van der Waals surface area contributed by atoms with Crippen molar-refractivity contribution in [2.24, 2.45) is 23.2 Å². The van der Waals surface area contributed by atoms with E-state index in [1.165, 1.54) is 38.5 Å². The number of hydrogen-bond donors (Lipinski definition) is 0. The molecule has 1 atom stereocenters. The van der Waals surface area contributed by atoms with Crippen molar-refractivity contribution < 1.29 is 14.3 Å². The van der Waals surface area contributed by atoms with E-state index in [2.05, 4.69) is 0 Å². The van der Waals surface area contributed by atoms with Gasteiger partial charge in [-0.3, -0.25) is 4.79 Å². The van der Waals surface area contributed by atoms with Crippen LogP contribution in [0.1, 0.15) is 58.3 Å². The number of esters is 1. The van der Waals surface area contributed by atoms with Crippen LogP contribution in [0, 0.1) is 23.2 Å². The van der Waals surface area contributed by atoms with Crippen molar-refractivity contribution in [1.82, 2.24) is 0 Å². The van der Waals surface area contributed by atoms with Gasteiger partial charge in [0.05, 0.1) is 6.61 Å². The Balaban J connectivity index is 1.53. The zero-order chi connectivity index (χ0) is 17.3. The third-order valence-corrected chi connectivity index (χ3v) is 6.71. The van der Waals surface area contributed by atoms with Gasteiger partial charge in [0.1, 0.15) is 11.9 Å². The van der Waals surface area contributed by atoms with Gasteiger partial charge in [0.15, 0.2) is 0 Å². The highest BCUT2D eigenvalue weighted by Crippen LogP contribution is 2.62. The molecule has 0 spiro atoms. The lowest BCUT2D eigenvalue weighted by Gasteiger charge is -2.59. The van der Waals surface area contributed by atoms with Crippen molar-refractivity contribution in [3.8, 4) is 5.75 Å². The van der Waals surface area contributed by atoms with E-state index in [0.29, 0.717) is 13.0 Å². The van der Waals surface area contributed by atoms with Crippen molar-refractivity contribution in [3.05, 3.63) is 30.3 Å². The Morgan fingerprint density at radius 1 is 1.08 bits per heavy atom. The summed E-state index contributed by atoms with van der Waals surface area (Å²) in [7, 11) is 0. The predicted molar refractivity (Wildman–Crippen MR) is 97.3 cm³/mol. The summed E-state index contributed by atoms with van der Waals surface area (Å²) < 4.78 is 11.7. The number of hydrogen-bond acceptors (Lipinski definition) is 3. The highest BCUT2D eigenvalue weighted by molar-refractivity contribution is 5.69. The maximum absolute atomic E-state index is 11.9. The van der Waals surface area contributed by atoms with Crippen molar-refractivity contribution in [3.63, 3.8) is 0 Å². The molecule has 0 saturated heterocycles. The second-order valence-electron chi connectivity index (χ2n) is 8.54. The summed E-state index contributed by atoms with van der Waals surface area (Å²) in [6, 6.07) is 10.1. The van der Waals surface area contributed by atoms with Gasteiger partial charge in [-0.2, -0.15) is 0 Å². The summed E-state index contributed by atoms with van der Waals surface area (Å²) >= 11 is 0. The fraction of sp³-hybridized carbons (Fsp3) is 0.682. The molecule has 4 aliphatic carbocycles. The molecular formula is C22H30O3. The second kappa shape index (κ2) is 7.01. The van der Waals surface area contributed by atoms with Gasteiger partial charge >= 0.3 is 5.97 Å². The number of ether oxygens (including phenoxy) is 2. The molecule has 3 heteroatoms. The van der Waals surface area contributed by atoms with Crippen LogP contribution in [0.2, 0.25) is 0 Å². The van der Waals surface area contributed by atoms with Crippen LogP contribution in [0.4, 0.5) is 0 Å². The predicted octanol–water partition coefficient (Wildman–Crippen LogP) is 4.99. The minimum absolute atomic E-state index is 0.0890. The number of carbonyl (C=O) groups is 1. The van der Waals surface area contributed by atoms with Crippen LogP contribution in [0.5, 0.6) is 5.75 Å². The Kier molecular flexibility index (Phi) is 4.75. The zero-order valence-corrected chi connectivity index (χ0v) is 15.3. The molecule has 25 heavy (non-hydrogen) atoms. The van der Waals surface area contributed by atoms with Gasteiger partial charge in [0, 0.05) is 11.8 Å². The number of rotatable bonds is 7. The summed E-state index contributed by atoms with van der Waals surface area (Å²) in [4.78, 5) is 11.9. The highest BCUT2D eigenvalue weighted by atomic mass is 16.5. The molecule has 0 N–H and O–H groups in total. The van der Waals surface area contributed by atoms with E-state index in [9.17, 15) is 4.79 Å². The molecule has 1 aromatic rings. The van der Waals surface area contributed by atoms with E-state index in [0.717, 1.165) is 29.9 Å². The third kappa shape index (κ3) is 3.56. The maximum Gasteiger partial charge on any atom is 0.305 e. The average Bonchev–Trinajstić information content (AvgIpc) is 2.58. The molecule has 1 unspecified atom stereocenters. The van der Waals surface area contributed by atoms with E-state index in [1.54, 1.807) is 0 Å². The van der Waals surface area contributed by atoms with Gasteiger partial charge in [0.2, 0.25) is 0 Å². The van der Waals surface area contributed by atoms with Gasteiger partial charge in [0.25, 0.3) is 0 Å². The first kappa shape index (κ1) is 16.9. The fourth-order valence-corrected chi connectivity index (χ4v) is 6.21. The van der Waals surface area contributed by atoms with Crippen LogP contribution in [0.15, 0.2) is 30.3 Å². The minimum atomic E-state index is -0.0890. The fourth-order valence-electron chi connectivity index (χ4n) is 6.21. The van der Waals surface area contributed by atoms with Gasteiger partial charge in [-0.15, -0.1) is 0 Å². The van der Waals surface area contributed by atoms with E-state index < -0.39 is 0 Å². The largest absolute Gasteiger partial charge is 0.490 e. The lowest BCUT2D eigenvalue weighted by Crippen LogP contribution is -2.53. The lowest BCUT2D eigenvalue weighted by molar-refractivity contribution is -0.146. The number of para-hydroxylation sites is 1. The van der Waals surface area contributed by atoms with Crippen LogP contribution in [0.25, 0.3) is 0 Å². The summed E-state index contributed by atoms with van der Waals surface area (Å²) in [6.07, 6.45) is 9.53. The molecule has 0 radical (unpaired) electrons. The standard InChI is InChI=1S/C22H30O3/c1-2-24-21(23)9-8-20(25-19-6-4-3-5-7-19)22-13-16-10-17(14-22)12-18(11-16)15-22/h3-7,16-18,20H,2,8-15H2,1H3. The Bertz CT molecular complexity index is 559. The van der Waals surface area contributed by atoms with Crippen molar-refractivity contribution >= 4 is 5.97 Å². The minimum Gasteiger partial charge on any atom is -0.490 e. The summed E-state index contributed by atoms with van der Waals surface area (Å²) in [5.41, 5.74) is 0.275. The van der Waals surface area contributed by atoms with Crippen LogP contribution in [0.3, 0.4) is 0 Å². The SMILES string of the molecule is CCOC(=O)CCC(Oc1ccccc1)C12CC3CC(CC(C3)C1)C2. The monoisotopic (exact) mass is 342 g/mol. The van der Waals surface area contributed by atoms with Crippen molar-refractivity contribution in [1.29, 1.82) is 0 Å². The number of benzene rings is 1. The smallest absolute Gasteiger partial charge is 0.305 e. The molecule has 4 saturated carbocycles. The summed E-state index contributed by atoms with van der Waals surface area (Å²) in [6.45, 7) is 2.33. The molecule has 0 aromatic heterocycles. The molecule has 5 rings (SSSR count). The average molecular weight is 342 g/mol. The molecule has 0 amide bonds. The first-order valence-corrected chi connectivity index (χ1v) is 10.0. The van der Waals surface area contributed by atoms with Crippen molar-refractivity contribution in [2.75, 3.05) is 6.61 Å². The van der Waals surface area contributed by atoms with Crippen LogP contribution >= 0.6 is 0 Å². The molecule has 4 fully saturated rings. The molecule has 0 aliphatic heterocycles. The molecule has 136 valence electrons. The molecule has 0 heterocycles. The van der Waals surface area contributed by atoms with Crippen molar-refractivity contribution in [2.45, 2.75) is 64.4 Å². The zero-order valence-electron chi connectivity index (χ0n) is 15.3. The summed E-state index contributed by atoms with van der Waals surface area (Å²) in [5, 5.41) is 0. The van der Waals surface area contributed by atoms with Crippen LogP contribution in [-0.2, 0) is 9.53 Å². The second-order valence-corrected chi connectivity index (χ2v) is 8.54. The summed E-state index contributed by atoms with van der Waals surface area (Å²) in [5.74, 6) is 3.50. The Hall–Kier alpha value is -1.51. The Labute approximate surface area is 151 Å². The van der Waals surface area contributed by atoms with E-state index in [1.807, 2.05) is 37.3 Å². The van der Waals surface area contributed by atoms with Gasteiger partial charge in [-0.1, -0.05) is 18.2 Å². The first-order chi connectivity index (χ1) is 12.2. The van der Waals surface area contributed by atoms with Gasteiger partial charge in [-0.05, 0) is 81.8 Å². The van der Waals surface area contributed by atoms with E-state index >= 15 is 0 Å². The van der Waals surface area contributed by atoms with E-state index in [-0.39, 0.29) is 17.5 Å². The maximum atomic E-state index is 11.9. The third-order valence-electron chi connectivity index (χ3n) is 6.71. The number of carbonyl (C=O) groups excluding carboxylic acids is 1. The normalized spacial score (nSPS) is 33.9. The van der Waals surface area contributed by atoms with E-state index in [4.69, 9.17) is 9.47 Å². The Morgan fingerprint density at radius 2 is 1.68 bits per heavy atom.